The largest absolute Gasteiger partial charge is 0.356 e. The first kappa shape index (κ1) is 19.4. The average Bonchev–Trinajstić information content (AvgIpc) is 2.58. The van der Waals surface area contributed by atoms with Crippen molar-refractivity contribution < 1.29 is 18.0 Å². The Kier molecular flexibility index (Phi) is 6.16. The minimum absolute atomic E-state index is 0.0513. The highest BCUT2D eigenvalue weighted by molar-refractivity contribution is 7.90. The average molecular weight is 367 g/mol. The van der Waals surface area contributed by atoms with E-state index in [4.69, 9.17) is 0 Å². The van der Waals surface area contributed by atoms with E-state index in [1.165, 1.54) is 18.3 Å². The zero-order valence-electron chi connectivity index (χ0n) is 14.9. The standard InChI is InChI=1S/C17H25N3O4S/c1-12(2)10-19-16(21)13-6-8-20(9-7-13)17(22)14-4-5-15(18-11-14)25(3,23)24/h4-5,11-13H,6-10H2,1-3H3,(H,19,21). The number of pyridine rings is 1. The lowest BCUT2D eigenvalue weighted by atomic mass is 9.95. The maximum Gasteiger partial charge on any atom is 0.255 e. The molecule has 1 N–H and O–H groups in total. The van der Waals surface area contributed by atoms with Crippen LogP contribution in [0.3, 0.4) is 0 Å². The van der Waals surface area contributed by atoms with E-state index >= 15 is 0 Å². The minimum Gasteiger partial charge on any atom is -0.356 e. The van der Waals surface area contributed by atoms with Gasteiger partial charge < -0.3 is 10.2 Å². The fourth-order valence-electron chi connectivity index (χ4n) is 2.70. The van der Waals surface area contributed by atoms with E-state index in [0.717, 1.165) is 6.26 Å². The topological polar surface area (TPSA) is 96.4 Å². The zero-order valence-corrected chi connectivity index (χ0v) is 15.7. The van der Waals surface area contributed by atoms with Gasteiger partial charge in [0.25, 0.3) is 5.91 Å². The number of piperidine rings is 1. The Bertz CT molecular complexity index is 721. The Morgan fingerprint density at radius 3 is 2.40 bits per heavy atom. The van der Waals surface area contributed by atoms with Gasteiger partial charge in [-0.1, -0.05) is 13.8 Å². The SMILES string of the molecule is CC(C)CNC(=O)C1CCN(C(=O)c2ccc(S(C)(=O)=O)nc2)CC1. The molecule has 0 bridgehead atoms. The lowest BCUT2D eigenvalue weighted by molar-refractivity contribution is -0.126. The second-order valence-electron chi connectivity index (χ2n) is 6.86. The Morgan fingerprint density at radius 1 is 1.28 bits per heavy atom. The van der Waals surface area contributed by atoms with E-state index in [2.05, 4.69) is 10.3 Å². The van der Waals surface area contributed by atoms with Crippen LogP contribution in [-0.2, 0) is 14.6 Å². The van der Waals surface area contributed by atoms with E-state index in [9.17, 15) is 18.0 Å². The molecule has 25 heavy (non-hydrogen) atoms. The Morgan fingerprint density at radius 2 is 1.92 bits per heavy atom. The predicted octanol–water partition coefficient (Wildman–Crippen LogP) is 1.11. The van der Waals surface area contributed by atoms with Gasteiger partial charge in [0.1, 0.15) is 0 Å². The molecule has 1 saturated heterocycles. The number of sulfone groups is 1. The number of amides is 2. The first-order valence-corrected chi connectivity index (χ1v) is 10.3. The molecule has 0 radical (unpaired) electrons. The molecule has 0 aliphatic carbocycles. The van der Waals surface area contributed by atoms with Gasteiger partial charge in [-0.25, -0.2) is 13.4 Å². The van der Waals surface area contributed by atoms with Crippen molar-refractivity contribution in [3.8, 4) is 0 Å². The van der Waals surface area contributed by atoms with Gasteiger partial charge in [-0.05, 0) is 30.9 Å². The van der Waals surface area contributed by atoms with Crippen molar-refractivity contribution in [3.63, 3.8) is 0 Å². The van der Waals surface area contributed by atoms with Crippen LogP contribution in [0, 0.1) is 11.8 Å². The number of carbonyl (C=O) groups excluding carboxylic acids is 2. The maximum absolute atomic E-state index is 12.5. The smallest absolute Gasteiger partial charge is 0.255 e. The second kappa shape index (κ2) is 7.95. The van der Waals surface area contributed by atoms with Gasteiger partial charge in [-0.15, -0.1) is 0 Å². The molecule has 1 aliphatic heterocycles. The number of hydrogen-bond donors (Lipinski definition) is 1. The summed E-state index contributed by atoms with van der Waals surface area (Å²) in [6.45, 7) is 5.77. The number of nitrogens with one attached hydrogen (secondary N) is 1. The van der Waals surface area contributed by atoms with Crippen LogP contribution in [0.5, 0.6) is 0 Å². The van der Waals surface area contributed by atoms with Crippen molar-refractivity contribution in [1.29, 1.82) is 0 Å². The maximum atomic E-state index is 12.5. The van der Waals surface area contributed by atoms with Crippen molar-refractivity contribution in [3.05, 3.63) is 23.9 Å². The van der Waals surface area contributed by atoms with Crippen LogP contribution in [-0.4, -0.2) is 56.0 Å². The van der Waals surface area contributed by atoms with Gasteiger partial charge >= 0.3 is 0 Å². The van der Waals surface area contributed by atoms with Gasteiger partial charge in [0.05, 0.1) is 5.56 Å². The minimum atomic E-state index is -3.38. The summed E-state index contributed by atoms with van der Waals surface area (Å²) in [6, 6.07) is 2.82. The predicted molar refractivity (Wildman–Crippen MR) is 93.8 cm³/mol. The highest BCUT2D eigenvalue weighted by atomic mass is 32.2. The van der Waals surface area contributed by atoms with E-state index in [1.807, 2.05) is 13.8 Å². The molecular weight excluding hydrogens is 342 g/mol. The summed E-state index contributed by atoms with van der Waals surface area (Å²) in [4.78, 5) is 30.1. The third-order valence-electron chi connectivity index (χ3n) is 4.20. The number of nitrogens with zero attached hydrogens (tertiary/aromatic N) is 2. The quantitative estimate of drug-likeness (QED) is 0.841. The summed E-state index contributed by atoms with van der Waals surface area (Å²) < 4.78 is 22.8. The lowest BCUT2D eigenvalue weighted by Gasteiger charge is -2.31. The molecular formula is C17H25N3O4S. The van der Waals surface area contributed by atoms with Crippen LogP contribution >= 0.6 is 0 Å². The van der Waals surface area contributed by atoms with Crippen molar-refractivity contribution in [2.75, 3.05) is 25.9 Å². The van der Waals surface area contributed by atoms with E-state index in [1.54, 1.807) is 4.90 Å². The molecule has 0 unspecified atom stereocenters. The first-order valence-electron chi connectivity index (χ1n) is 8.41. The summed E-state index contributed by atoms with van der Waals surface area (Å²) in [5.41, 5.74) is 0.357. The van der Waals surface area contributed by atoms with Gasteiger partial charge in [0.15, 0.2) is 14.9 Å². The number of hydrogen-bond acceptors (Lipinski definition) is 5. The molecule has 2 heterocycles. The monoisotopic (exact) mass is 367 g/mol. The zero-order chi connectivity index (χ0) is 18.6. The van der Waals surface area contributed by atoms with Gasteiger partial charge in [-0.3, -0.25) is 9.59 Å². The number of likely N-dealkylation sites (tertiary alicyclic amines) is 1. The van der Waals surface area contributed by atoms with Gasteiger partial charge in [0, 0.05) is 38.0 Å². The van der Waals surface area contributed by atoms with Crippen molar-refractivity contribution in [2.24, 2.45) is 11.8 Å². The molecule has 0 atom stereocenters. The molecule has 1 aromatic heterocycles. The Labute approximate surface area is 148 Å². The normalized spacial score (nSPS) is 16.1. The summed E-state index contributed by atoms with van der Waals surface area (Å²) >= 11 is 0. The Hall–Kier alpha value is -1.96. The van der Waals surface area contributed by atoms with Crippen molar-refractivity contribution in [2.45, 2.75) is 31.7 Å². The molecule has 8 heteroatoms. The molecule has 1 fully saturated rings. The third kappa shape index (κ3) is 5.26. The summed E-state index contributed by atoms with van der Waals surface area (Å²) in [7, 11) is -3.38. The van der Waals surface area contributed by atoms with E-state index in [0.29, 0.717) is 44.0 Å². The summed E-state index contributed by atoms with van der Waals surface area (Å²) in [5, 5.41) is 2.89. The van der Waals surface area contributed by atoms with Crippen LogP contribution < -0.4 is 5.32 Å². The summed E-state index contributed by atoms with van der Waals surface area (Å²) in [6.07, 6.45) is 3.63. The van der Waals surface area contributed by atoms with Crippen LogP contribution in [0.1, 0.15) is 37.0 Å². The number of rotatable bonds is 5. The molecule has 1 aliphatic rings. The molecule has 1 aromatic rings. The highest BCUT2D eigenvalue weighted by Gasteiger charge is 2.28. The Balaban J connectivity index is 1.92. The summed E-state index contributed by atoms with van der Waals surface area (Å²) in [5.74, 6) is 0.218. The molecule has 7 nitrogen and oxygen atoms in total. The van der Waals surface area contributed by atoms with Gasteiger partial charge in [-0.2, -0.15) is 0 Å². The van der Waals surface area contributed by atoms with Crippen molar-refractivity contribution in [1.82, 2.24) is 15.2 Å². The highest BCUT2D eigenvalue weighted by Crippen LogP contribution is 2.19. The molecule has 0 saturated carbocycles. The molecule has 2 rings (SSSR count). The van der Waals surface area contributed by atoms with E-state index in [-0.39, 0.29) is 22.8 Å². The second-order valence-corrected chi connectivity index (χ2v) is 8.83. The third-order valence-corrected chi connectivity index (χ3v) is 5.20. The molecule has 0 aromatic carbocycles. The molecule has 0 spiro atoms. The first-order chi connectivity index (χ1) is 11.7. The fourth-order valence-corrected chi connectivity index (χ4v) is 3.26. The van der Waals surface area contributed by atoms with Crippen LogP contribution in [0.15, 0.2) is 23.4 Å². The van der Waals surface area contributed by atoms with Crippen LogP contribution in [0.4, 0.5) is 0 Å². The lowest BCUT2D eigenvalue weighted by Crippen LogP contribution is -2.43. The van der Waals surface area contributed by atoms with Crippen LogP contribution in [0.2, 0.25) is 0 Å². The fraction of sp³-hybridized carbons (Fsp3) is 0.588. The number of carbonyl (C=O) groups is 2. The van der Waals surface area contributed by atoms with Crippen LogP contribution in [0.25, 0.3) is 0 Å². The van der Waals surface area contributed by atoms with Crippen molar-refractivity contribution >= 4 is 21.7 Å². The molecule has 2 amide bonds. The van der Waals surface area contributed by atoms with Gasteiger partial charge in [0.2, 0.25) is 5.91 Å². The van der Waals surface area contributed by atoms with E-state index < -0.39 is 9.84 Å². The number of aromatic nitrogens is 1. The molecule has 138 valence electrons.